The monoisotopic (exact) mass is 478 g/mol. The fourth-order valence-electron chi connectivity index (χ4n) is 2.19. The maximum Gasteiger partial charge on any atom is 0.191 e. The molecule has 9 heteroatoms. The van der Waals surface area contributed by atoms with Crippen LogP contribution >= 0.6 is 35.7 Å². The second-order valence-corrected chi connectivity index (χ2v) is 6.06. The summed E-state index contributed by atoms with van der Waals surface area (Å²) in [6.07, 6.45) is 3.53. The van der Waals surface area contributed by atoms with Gasteiger partial charge in [0.15, 0.2) is 5.96 Å². The zero-order chi connectivity index (χ0) is 17.4. The average molecular weight is 478 g/mol. The number of nitrogens with zero attached hydrogens (tertiary/aromatic N) is 4. The van der Waals surface area contributed by atoms with Crippen LogP contribution in [-0.4, -0.2) is 33.5 Å². The molecule has 0 spiro atoms. The van der Waals surface area contributed by atoms with Crippen molar-refractivity contribution in [1.29, 1.82) is 0 Å². The van der Waals surface area contributed by atoms with Crippen molar-refractivity contribution < 1.29 is 4.39 Å². The number of guanidine groups is 1. The predicted molar refractivity (Wildman–Crippen MR) is 112 cm³/mol. The van der Waals surface area contributed by atoms with Crippen LogP contribution in [0.25, 0.3) is 0 Å². The van der Waals surface area contributed by atoms with E-state index in [0.717, 1.165) is 29.2 Å². The van der Waals surface area contributed by atoms with Crippen LogP contribution in [0, 0.1) is 5.82 Å². The largest absolute Gasteiger partial charge is 0.357 e. The molecule has 2 N–H and O–H groups in total. The highest BCUT2D eigenvalue weighted by atomic mass is 127. The van der Waals surface area contributed by atoms with Crippen molar-refractivity contribution in [3.05, 3.63) is 47.3 Å². The van der Waals surface area contributed by atoms with Gasteiger partial charge < -0.3 is 10.6 Å². The van der Waals surface area contributed by atoms with Crippen molar-refractivity contribution in [3.8, 4) is 0 Å². The van der Waals surface area contributed by atoms with Crippen molar-refractivity contribution in [1.82, 2.24) is 25.4 Å². The van der Waals surface area contributed by atoms with Crippen LogP contribution in [0.5, 0.6) is 0 Å². The SMILES string of the molecule is CCNC(=NCc1ccc(F)cc1CSC)NCc1ncnn1C.I. The molecule has 138 valence electrons. The summed E-state index contributed by atoms with van der Waals surface area (Å²) in [5.41, 5.74) is 2.01. The third-order valence-corrected chi connectivity index (χ3v) is 4.04. The van der Waals surface area contributed by atoms with Gasteiger partial charge in [-0.2, -0.15) is 16.9 Å². The molecule has 2 aromatic rings. The smallest absolute Gasteiger partial charge is 0.191 e. The number of hydrogen-bond donors (Lipinski definition) is 2. The van der Waals surface area contributed by atoms with Crippen LogP contribution in [0.4, 0.5) is 4.39 Å². The maximum atomic E-state index is 13.4. The quantitative estimate of drug-likeness (QED) is 0.364. The number of aromatic nitrogens is 3. The van der Waals surface area contributed by atoms with E-state index in [0.29, 0.717) is 19.0 Å². The predicted octanol–water partition coefficient (Wildman–Crippen LogP) is 2.69. The molecule has 1 heterocycles. The van der Waals surface area contributed by atoms with Gasteiger partial charge in [0.2, 0.25) is 0 Å². The van der Waals surface area contributed by atoms with Gasteiger partial charge in [-0.25, -0.2) is 14.4 Å². The van der Waals surface area contributed by atoms with E-state index >= 15 is 0 Å². The van der Waals surface area contributed by atoms with Crippen LogP contribution in [0.15, 0.2) is 29.5 Å². The number of nitrogens with one attached hydrogen (secondary N) is 2. The lowest BCUT2D eigenvalue weighted by Crippen LogP contribution is -2.37. The van der Waals surface area contributed by atoms with Crippen LogP contribution in [0.1, 0.15) is 23.9 Å². The van der Waals surface area contributed by atoms with Gasteiger partial charge in [0, 0.05) is 19.3 Å². The molecule has 0 bridgehead atoms. The average Bonchev–Trinajstić information content (AvgIpc) is 2.97. The first-order valence-corrected chi connectivity index (χ1v) is 9.14. The molecule has 2 rings (SSSR count). The van der Waals surface area contributed by atoms with Gasteiger partial charge in [-0.15, -0.1) is 24.0 Å². The van der Waals surface area contributed by atoms with Crippen molar-refractivity contribution in [2.75, 3.05) is 12.8 Å². The van der Waals surface area contributed by atoms with Crippen LogP contribution in [0.2, 0.25) is 0 Å². The molecule has 0 aliphatic heterocycles. The molecule has 0 atom stereocenters. The molecule has 0 aliphatic rings. The maximum absolute atomic E-state index is 13.4. The Morgan fingerprint density at radius 1 is 1.32 bits per heavy atom. The molecule has 0 fully saturated rings. The summed E-state index contributed by atoms with van der Waals surface area (Å²) in [7, 11) is 1.85. The highest BCUT2D eigenvalue weighted by molar-refractivity contribution is 14.0. The molecule has 1 aromatic carbocycles. The zero-order valence-corrected chi connectivity index (χ0v) is 17.8. The topological polar surface area (TPSA) is 67.1 Å². The number of halogens is 2. The molecule has 0 radical (unpaired) electrons. The summed E-state index contributed by atoms with van der Waals surface area (Å²) in [6.45, 7) is 3.79. The molecule has 0 amide bonds. The lowest BCUT2D eigenvalue weighted by atomic mass is 10.1. The molecule has 0 unspecified atom stereocenters. The van der Waals surface area contributed by atoms with E-state index in [-0.39, 0.29) is 29.8 Å². The van der Waals surface area contributed by atoms with Crippen molar-refractivity contribution in [2.45, 2.75) is 25.8 Å². The van der Waals surface area contributed by atoms with Crippen LogP contribution < -0.4 is 10.6 Å². The van der Waals surface area contributed by atoms with Gasteiger partial charge in [0.25, 0.3) is 0 Å². The molecular formula is C16H24FIN6S. The molecular weight excluding hydrogens is 454 g/mol. The first kappa shape index (κ1) is 21.7. The Morgan fingerprint density at radius 2 is 2.12 bits per heavy atom. The number of aryl methyl sites for hydroxylation is 1. The number of aliphatic imine (C=N–C) groups is 1. The summed E-state index contributed by atoms with van der Waals surface area (Å²) >= 11 is 1.67. The minimum Gasteiger partial charge on any atom is -0.357 e. The van der Waals surface area contributed by atoms with E-state index in [1.54, 1.807) is 28.6 Å². The Kier molecular flexibility index (Phi) is 9.79. The van der Waals surface area contributed by atoms with Gasteiger partial charge in [0.1, 0.15) is 18.0 Å². The lowest BCUT2D eigenvalue weighted by molar-refractivity contribution is 0.625. The summed E-state index contributed by atoms with van der Waals surface area (Å²) < 4.78 is 15.1. The molecule has 25 heavy (non-hydrogen) atoms. The standard InChI is InChI=1S/C16H23FN6S.HI/c1-4-18-16(20-9-15-21-11-22-23(15)2)19-8-12-5-6-14(17)7-13(12)10-24-3;/h5-7,11H,4,8-10H2,1-3H3,(H2,18,19,20);1H. The summed E-state index contributed by atoms with van der Waals surface area (Å²) in [5, 5.41) is 10.5. The normalized spacial score (nSPS) is 11.1. The number of benzene rings is 1. The number of hydrogen-bond acceptors (Lipinski definition) is 4. The van der Waals surface area contributed by atoms with Gasteiger partial charge in [-0.3, -0.25) is 4.68 Å². The van der Waals surface area contributed by atoms with Crippen molar-refractivity contribution in [2.24, 2.45) is 12.0 Å². The highest BCUT2D eigenvalue weighted by Crippen LogP contribution is 2.17. The van der Waals surface area contributed by atoms with E-state index in [2.05, 4.69) is 25.7 Å². The highest BCUT2D eigenvalue weighted by Gasteiger charge is 2.06. The zero-order valence-electron chi connectivity index (χ0n) is 14.6. The van der Waals surface area contributed by atoms with E-state index in [9.17, 15) is 4.39 Å². The second kappa shape index (κ2) is 11.3. The van der Waals surface area contributed by atoms with E-state index in [1.807, 2.05) is 20.2 Å². The molecule has 0 saturated carbocycles. The Bertz CT molecular complexity index is 691. The first-order chi connectivity index (χ1) is 11.6. The lowest BCUT2D eigenvalue weighted by Gasteiger charge is -2.12. The Labute approximate surface area is 169 Å². The summed E-state index contributed by atoms with van der Waals surface area (Å²) in [4.78, 5) is 8.77. The summed E-state index contributed by atoms with van der Waals surface area (Å²) in [5.74, 6) is 2.08. The Balaban J connectivity index is 0.00000312. The van der Waals surface area contributed by atoms with Crippen LogP contribution in [0.3, 0.4) is 0 Å². The number of thioether (sulfide) groups is 1. The van der Waals surface area contributed by atoms with Crippen molar-refractivity contribution in [3.63, 3.8) is 0 Å². The Morgan fingerprint density at radius 3 is 2.76 bits per heavy atom. The van der Waals surface area contributed by atoms with E-state index < -0.39 is 0 Å². The molecule has 0 saturated heterocycles. The van der Waals surface area contributed by atoms with Crippen molar-refractivity contribution >= 4 is 41.7 Å². The molecule has 0 aliphatic carbocycles. The fraction of sp³-hybridized carbons (Fsp3) is 0.438. The van der Waals surface area contributed by atoms with Gasteiger partial charge in [-0.1, -0.05) is 6.07 Å². The summed E-state index contributed by atoms with van der Waals surface area (Å²) in [6, 6.07) is 4.87. The molecule has 1 aromatic heterocycles. The van der Waals surface area contributed by atoms with Gasteiger partial charge in [0.05, 0.1) is 13.1 Å². The van der Waals surface area contributed by atoms with Gasteiger partial charge >= 0.3 is 0 Å². The molecule has 6 nitrogen and oxygen atoms in total. The second-order valence-electron chi connectivity index (χ2n) is 5.19. The fourth-order valence-corrected chi connectivity index (χ4v) is 2.77. The number of rotatable bonds is 7. The first-order valence-electron chi connectivity index (χ1n) is 7.75. The van der Waals surface area contributed by atoms with Gasteiger partial charge in [-0.05, 0) is 36.4 Å². The third-order valence-electron chi connectivity index (χ3n) is 3.44. The third kappa shape index (κ3) is 6.81. The minimum absolute atomic E-state index is 0. The van der Waals surface area contributed by atoms with E-state index in [1.165, 1.54) is 12.4 Å². The minimum atomic E-state index is -0.209. The van der Waals surface area contributed by atoms with Crippen LogP contribution in [-0.2, 0) is 25.9 Å². The Hall–Kier alpha value is -1.36. The van der Waals surface area contributed by atoms with E-state index in [4.69, 9.17) is 0 Å².